The van der Waals surface area contributed by atoms with E-state index in [4.69, 9.17) is 0 Å². The molecule has 1 amide bonds. The van der Waals surface area contributed by atoms with Crippen molar-refractivity contribution in [3.63, 3.8) is 0 Å². The van der Waals surface area contributed by atoms with E-state index in [1.807, 2.05) is 0 Å². The van der Waals surface area contributed by atoms with E-state index in [1.54, 1.807) is 5.32 Å². The topological polar surface area (TPSA) is 38.3 Å². The van der Waals surface area contributed by atoms with Crippen LogP contribution in [0.4, 0.5) is 31.1 Å². The number of hydrogen-bond acceptors (Lipinski definition) is 2. The second kappa shape index (κ2) is 4.57. The Morgan fingerprint density at radius 2 is 1.95 bits per heavy atom. The van der Waals surface area contributed by atoms with E-state index in [9.17, 15) is 31.1 Å². The predicted octanol–water partition coefficient (Wildman–Crippen LogP) is 3.26. The molecule has 1 N–H and O–H groups in total. The molecule has 0 aliphatic carbocycles. The number of carbonyl (C=O) groups is 1. The average Bonchev–Trinajstić information content (AvgIpc) is 2.31. The Balaban J connectivity index is 2.40. The Hall–Kier alpha value is -1.93. The number of halogens is 6. The van der Waals surface area contributed by atoms with Crippen molar-refractivity contribution in [1.29, 1.82) is 0 Å². The smallest absolute Gasteiger partial charge is 0.416 e. The quantitative estimate of drug-likeness (QED) is 0.808. The van der Waals surface area contributed by atoms with Gasteiger partial charge in [0, 0.05) is 5.56 Å². The van der Waals surface area contributed by atoms with Crippen molar-refractivity contribution in [3.8, 4) is 0 Å². The highest BCUT2D eigenvalue weighted by Gasteiger charge is 2.48. The fraction of sp³-hybridized carbons (Fsp3) is 0.364. The standard InChI is InChI=1S/C11H7F6NO2/c12-7-3-5(11(15,16)17)1-2-6(7)8-10(13,14)4-20-9(19)18-8/h1-3,8H,4H2,(H,18,19)/t8-/m0/s1. The number of alkyl halides is 5. The second-order valence-corrected chi connectivity index (χ2v) is 4.15. The Labute approximate surface area is 108 Å². The van der Waals surface area contributed by atoms with Crippen LogP contribution in [0.15, 0.2) is 18.2 Å². The molecule has 20 heavy (non-hydrogen) atoms. The summed E-state index contributed by atoms with van der Waals surface area (Å²) in [6.07, 6.45) is -5.99. The molecule has 1 atom stereocenters. The largest absolute Gasteiger partial charge is 0.443 e. The van der Waals surface area contributed by atoms with Gasteiger partial charge in [0.2, 0.25) is 0 Å². The van der Waals surface area contributed by atoms with Gasteiger partial charge < -0.3 is 10.1 Å². The molecule has 1 aromatic rings. The average molecular weight is 299 g/mol. The fourth-order valence-electron chi connectivity index (χ4n) is 1.75. The third kappa shape index (κ3) is 2.66. The van der Waals surface area contributed by atoms with Crippen LogP contribution >= 0.6 is 0 Å². The minimum Gasteiger partial charge on any atom is -0.443 e. The van der Waals surface area contributed by atoms with Gasteiger partial charge in [0.15, 0.2) is 6.61 Å². The molecule has 0 radical (unpaired) electrons. The van der Waals surface area contributed by atoms with Gasteiger partial charge in [0.25, 0.3) is 0 Å². The summed E-state index contributed by atoms with van der Waals surface area (Å²) in [7, 11) is 0. The third-order valence-corrected chi connectivity index (χ3v) is 2.72. The highest BCUT2D eigenvalue weighted by molar-refractivity contribution is 5.69. The molecule has 1 heterocycles. The molecule has 1 fully saturated rings. The Morgan fingerprint density at radius 1 is 1.30 bits per heavy atom. The predicted molar refractivity (Wildman–Crippen MR) is 53.6 cm³/mol. The number of hydrogen-bond donors (Lipinski definition) is 1. The molecule has 0 saturated carbocycles. The summed E-state index contributed by atoms with van der Waals surface area (Å²) < 4.78 is 81.8. The molecule has 1 aromatic carbocycles. The van der Waals surface area contributed by atoms with E-state index < -0.39 is 47.8 Å². The van der Waals surface area contributed by atoms with Crippen molar-refractivity contribution in [2.24, 2.45) is 0 Å². The van der Waals surface area contributed by atoms with Crippen LogP contribution in [-0.2, 0) is 10.9 Å². The van der Waals surface area contributed by atoms with E-state index in [0.29, 0.717) is 12.1 Å². The number of ether oxygens (including phenoxy) is 1. The minimum atomic E-state index is -4.79. The van der Waals surface area contributed by atoms with E-state index in [-0.39, 0.29) is 6.07 Å². The zero-order chi connectivity index (χ0) is 15.1. The Bertz CT molecular complexity index is 542. The lowest BCUT2D eigenvalue weighted by molar-refractivity contribution is -0.137. The normalized spacial score (nSPS) is 22.1. The molecule has 110 valence electrons. The van der Waals surface area contributed by atoms with E-state index in [0.717, 1.165) is 0 Å². The molecule has 0 unspecified atom stereocenters. The van der Waals surface area contributed by atoms with E-state index >= 15 is 0 Å². The first-order valence-electron chi connectivity index (χ1n) is 5.29. The fourth-order valence-corrected chi connectivity index (χ4v) is 1.75. The highest BCUT2D eigenvalue weighted by Crippen LogP contribution is 2.37. The molecule has 1 saturated heterocycles. The first-order chi connectivity index (χ1) is 9.11. The number of carbonyl (C=O) groups excluding carboxylic acids is 1. The lowest BCUT2D eigenvalue weighted by atomic mass is 9.98. The van der Waals surface area contributed by atoms with E-state index in [2.05, 4.69) is 4.74 Å². The van der Waals surface area contributed by atoms with Crippen LogP contribution in [0.3, 0.4) is 0 Å². The number of alkyl carbamates (subject to hydrolysis) is 1. The van der Waals surface area contributed by atoms with Crippen LogP contribution in [0.1, 0.15) is 17.2 Å². The molecule has 0 aromatic heterocycles. The summed E-state index contributed by atoms with van der Waals surface area (Å²) in [5.74, 6) is -5.11. The van der Waals surface area contributed by atoms with Crippen LogP contribution < -0.4 is 5.32 Å². The van der Waals surface area contributed by atoms with Crippen molar-refractivity contribution in [3.05, 3.63) is 35.1 Å². The van der Waals surface area contributed by atoms with Crippen LogP contribution in [0.25, 0.3) is 0 Å². The van der Waals surface area contributed by atoms with Gasteiger partial charge in [-0.1, -0.05) is 6.07 Å². The minimum absolute atomic E-state index is 0.104. The van der Waals surface area contributed by atoms with Crippen molar-refractivity contribution in [1.82, 2.24) is 5.32 Å². The lowest BCUT2D eigenvalue weighted by Gasteiger charge is -2.32. The number of amides is 1. The van der Waals surface area contributed by atoms with Gasteiger partial charge in [-0.15, -0.1) is 0 Å². The maximum absolute atomic E-state index is 13.6. The van der Waals surface area contributed by atoms with Crippen LogP contribution in [0.5, 0.6) is 0 Å². The van der Waals surface area contributed by atoms with Gasteiger partial charge in [0.05, 0.1) is 5.56 Å². The van der Waals surface area contributed by atoms with Crippen molar-refractivity contribution in [2.45, 2.75) is 18.1 Å². The molecule has 0 spiro atoms. The van der Waals surface area contributed by atoms with Crippen molar-refractivity contribution in [2.75, 3.05) is 6.61 Å². The maximum atomic E-state index is 13.6. The Morgan fingerprint density at radius 3 is 2.50 bits per heavy atom. The van der Waals surface area contributed by atoms with Crippen molar-refractivity contribution >= 4 is 6.09 Å². The monoisotopic (exact) mass is 299 g/mol. The van der Waals surface area contributed by atoms with Gasteiger partial charge in [-0.3, -0.25) is 0 Å². The van der Waals surface area contributed by atoms with Crippen LogP contribution in [0.2, 0.25) is 0 Å². The molecule has 1 aliphatic heterocycles. The first kappa shape index (κ1) is 14.5. The van der Waals surface area contributed by atoms with Gasteiger partial charge in [-0.2, -0.15) is 13.2 Å². The van der Waals surface area contributed by atoms with E-state index in [1.165, 1.54) is 0 Å². The number of rotatable bonds is 1. The number of nitrogens with one attached hydrogen (secondary N) is 1. The summed E-state index contributed by atoms with van der Waals surface area (Å²) in [6.45, 7) is -1.27. The first-order valence-corrected chi connectivity index (χ1v) is 5.29. The molecule has 0 bridgehead atoms. The SMILES string of the molecule is O=C1N[C@@H](c2ccc(C(F)(F)F)cc2F)C(F)(F)CO1. The molecular weight excluding hydrogens is 292 g/mol. The third-order valence-electron chi connectivity index (χ3n) is 2.72. The summed E-state index contributed by atoms with van der Waals surface area (Å²) in [5.41, 5.74) is -2.04. The molecule has 1 aliphatic rings. The molecule has 2 rings (SSSR count). The van der Waals surface area contributed by atoms with Gasteiger partial charge >= 0.3 is 18.2 Å². The molecule has 9 heteroatoms. The van der Waals surface area contributed by atoms with Crippen LogP contribution in [0, 0.1) is 5.82 Å². The summed E-state index contributed by atoms with van der Waals surface area (Å²) in [5, 5.41) is 1.69. The Kier molecular flexibility index (Phi) is 3.31. The molecular formula is C11H7F6NO2. The maximum Gasteiger partial charge on any atom is 0.416 e. The zero-order valence-electron chi connectivity index (χ0n) is 9.60. The van der Waals surface area contributed by atoms with Gasteiger partial charge in [-0.05, 0) is 12.1 Å². The van der Waals surface area contributed by atoms with Gasteiger partial charge in [0.1, 0.15) is 11.9 Å². The lowest BCUT2D eigenvalue weighted by Crippen LogP contribution is -2.49. The summed E-state index contributed by atoms with van der Waals surface area (Å²) in [6, 6.07) is -0.933. The summed E-state index contributed by atoms with van der Waals surface area (Å²) >= 11 is 0. The van der Waals surface area contributed by atoms with Crippen molar-refractivity contribution < 1.29 is 35.9 Å². The summed E-state index contributed by atoms with van der Waals surface area (Å²) in [4.78, 5) is 10.9. The van der Waals surface area contributed by atoms with Gasteiger partial charge in [-0.25, -0.2) is 18.0 Å². The second-order valence-electron chi connectivity index (χ2n) is 4.15. The number of benzene rings is 1. The highest BCUT2D eigenvalue weighted by atomic mass is 19.4. The molecule has 3 nitrogen and oxygen atoms in total. The van der Waals surface area contributed by atoms with Crippen LogP contribution in [-0.4, -0.2) is 18.6 Å². The zero-order valence-corrected chi connectivity index (χ0v) is 9.60. The number of cyclic esters (lactones) is 1.